The third-order valence-corrected chi connectivity index (χ3v) is 4.41. The molecule has 0 spiro atoms. The number of rotatable bonds is 10. The number of aromatic nitrogens is 1. The highest BCUT2D eigenvalue weighted by molar-refractivity contribution is 7.13. The van der Waals surface area contributed by atoms with Crippen molar-refractivity contribution in [2.45, 2.75) is 51.6 Å². The summed E-state index contributed by atoms with van der Waals surface area (Å²) in [6, 6.07) is 4.01. The van der Waals surface area contributed by atoms with E-state index in [0.29, 0.717) is 17.4 Å². The third kappa shape index (κ3) is 6.57. The van der Waals surface area contributed by atoms with Crippen molar-refractivity contribution >= 4 is 22.2 Å². The van der Waals surface area contributed by atoms with Crippen LogP contribution in [0.3, 0.4) is 0 Å². The first-order valence-electron chi connectivity index (χ1n) is 8.51. The van der Waals surface area contributed by atoms with E-state index >= 15 is 0 Å². The molecule has 0 bridgehead atoms. The van der Waals surface area contributed by atoms with Gasteiger partial charge in [0.2, 0.25) is 0 Å². The molecular formula is C18H23F3N2OS. The van der Waals surface area contributed by atoms with Gasteiger partial charge in [-0.15, -0.1) is 11.3 Å². The zero-order valence-corrected chi connectivity index (χ0v) is 15.1. The van der Waals surface area contributed by atoms with Gasteiger partial charge in [-0.2, -0.15) is 13.2 Å². The zero-order valence-electron chi connectivity index (χ0n) is 14.2. The Morgan fingerprint density at radius 2 is 1.88 bits per heavy atom. The van der Waals surface area contributed by atoms with E-state index in [1.54, 1.807) is 17.6 Å². The molecule has 0 amide bonds. The van der Waals surface area contributed by atoms with E-state index in [0.717, 1.165) is 25.3 Å². The van der Waals surface area contributed by atoms with Gasteiger partial charge in [-0.05, 0) is 24.6 Å². The van der Waals surface area contributed by atoms with Gasteiger partial charge in [-0.3, -0.25) is 0 Å². The van der Waals surface area contributed by atoms with Crippen LogP contribution in [0.4, 0.5) is 24.0 Å². The maximum Gasteiger partial charge on any atom is 0.420 e. The first-order chi connectivity index (χ1) is 12.0. The van der Waals surface area contributed by atoms with Crippen molar-refractivity contribution in [1.82, 2.24) is 4.98 Å². The number of anilines is 2. The Kier molecular flexibility index (Phi) is 7.55. The third-order valence-electron chi connectivity index (χ3n) is 3.72. The first-order valence-corrected chi connectivity index (χ1v) is 9.39. The molecule has 0 aliphatic heterocycles. The molecular weight excluding hydrogens is 349 g/mol. The summed E-state index contributed by atoms with van der Waals surface area (Å²) in [4.78, 5) is 4.01. The molecule has 25 heavy (non-hydrogen) atoms. The fourth-order valence-electron chi connectivity index (χ4n) is 2.43. The molecule has 1 heterocycles. The van der Waals surface area contributed by atoms with Crippen LogP contribution in [-0.4, -0.2) is 11.6 Å². The van der Waals surface area contributed by atoms with Crippen molar-refractivity contribution in [3.05, 3.63) is 35.3 Å². The van der Waals surface area contributed by atoms with Crippen LogP contribution in [-0.2, 0) is 6.18 Å². The second-order valence-electron chi connectivity index (χ2n) is 5.79. The predicted molar refractivity (Wildman–Crippen MR) is 95.7 cm³/mol. The molecule has 0 aliphatic rings. The quantitative estimate of drug-likeness (QED) is 0.474. The van der Waals surface area contributed by atoms with Gasteiger partial charge in [0, 0.05) is 17.3 Å². The monoisotopic (exact) mass is 372 g/mol. The standard InChI is InChI=1S/C18H23F3N2OS/c1-2-3-4-5-6-7-11-24-16-9-8-14(13-15(16)18(19,20)21)23-17-22-10-12-25-17/h8-10,12-13H,2-7,11H2,1H3,(H,22,23). The lowest BCUT2D eigenvalue weighted by atomic mass is 10.1. The highest BCUT2D eigenvalue weighted by Crippen LogP contribution is 2.38. The Balaban J connectivity index is 1.95. The molecule has 0 aliphatic carbocycles. The molecule has 1 aromatic heterocycles. The molecule has 7 heteroatoms. The summed E-state index contributed by atoms with van der Waals surface area (Å²) in [6.07, 6.45) is 3.51. The minimum absolute atomic E-state index is 0.120. The number of hydrogen-bond donors (Lipinski definition) is 1. The Morgan fingerprint density at radius 1 is 1.12 bits per heavy atom. The summed E-state index contributed by atoms with van der Waals surface area (Å²) in [6.45, 7) is 2.45. The van der Waals surface area contributed by atoms with Crippen LogP contribution in [0, 0.1) is 0 Å². The van der Waals surface area contributed by atoms with Crippen molar-refractivity contribution in [3.8, 4) is 5.75 Å². The highest BCUT2D eigenvalue weighted by atomic mass is 32.1. The van der Waals surface area contributed by atoms with E-state index in [9.17, 15) is 13.2 Å². The van der Waals surface area contributed by atoms with Crippen LogP contribution in [0.2, 0.25) is 0 Å². The molecule has 0 atom stereocenters. The summed E-state index contributed by atoms with van der Waals surface area (Å²) < 4.78 is 45.3. The molecule has 0 saturated carbocycles. The molecule has 0 unspecified atom stereocenters. The van der Waals surface area contributed by atoms with E-state index < -0.39 is 11.7 Å². The van der Waals surface area contributed by atoms with E-state index in [1.807, 2.05) is 0 Å². The molecule has 0 fully saturated rings. The minimum Gasteiger partial charge on any atom is -0.493 e. The molecule has 0 saturated heterocycles. The summed E-state index contributed by atoms with van der Waals surface area (Å²) in [7, 11) is 0. The Bertz CT molecular complexity index is 630. The Morgan fingerprint density at radius 3 is 2.56 bits per heavy atom. The number of nitrogens with one attached hydrogen (secondary N) is 1. The van der Waals surface area contributed by atoms with Gasteiger partial charge in [0.15, 0.2) is 5.13 Å². The van der Waals surface area contributed by atoms with Gasteiger partial charge >= 0.3 is 6.18 Å². The second-order valence-corrected chi connectivity index (χ2v) is 6.68. The predicted octanol–water partition coefficient (Wildman–Crippen LogP) is 6.64. The van der Waals surface area contributed by atoms with Crippen LogP contribution in [0.5, 0.6) is 5.75 Å². The Hall–Kier alpha value is -1.76. The van der Waals surface area contributed by atoms with E-state index in [2.05, 4.69) is 17.2 Å². The lowest BCUT2D eigenvalue weighted by Crippen LogP contribution is -2.10. The highest BCUT2D eigenvalue weighted by Gasteiger charge is 2.34. The van der Waals surface area contributed by atoms with Crippen molar-refractivity contribution in [3.63, 3.8) is 0 Å². The van der Waals surface area contributed by atoms with Crippen LogP contribution in [0.15, 0.2) is 29.8 Å². The summed E-state index contributed by atoms with van der Waals surface area (Å²) in [5, 5.41) is 5.18. The molecule has 3 nitrogen and oxygen atoms in total. The first kappa shape index (κ1) is 19.6. The normalized spacial score (nSPS) is 11.5. The van der Waals surface area contributed by atoms with E-state index in [-0.39, 0.29) is 5.75 Å². The zero-order chi connectivity index (χ0) is 18.1. The van der Waals surface area contributed by atoms with Gasteiger partial charge in [0.1, 0.15) is 5.75 Å². The summed E-state index contributed by atoms with van der Waals surface area (Å²) in [5.74, 6) is -0.120. The van der Waals surface area contributed by atoms with Crippen LogP contribution in [0.25, 0.3) is 0 Å². The van der Waals surface area contributed by atoms with Crippen molar-refractivity contribution in [2.75, 3.05) is 11.9 Å². The lowest BCUT2D eigenvalue weighted by molar-refractivity contribution is -0.138. The van der Waals surface area contributed by atoms with Gasteiger partial charge in [0.25, 0.3) is 0 Å². The van der Waals surface area contributed by atoms with Crippen LogP contribution < -0.4 is 10.1 Å². The topological polar surface area (TPSA) is 34.1 Å². The van der Waals surface area contributed by atoms with Crippen molar-refractivity contribution in [1.29, 1.82) is 0 Å². The fraction of sp³-hybridized carbons (Fsp3) is 0.500. The molecule has 2 aromatic rings. The molecule has 2 rings (SSSR count). The number of alkyl halides is 3. The molecule has 138 valence electrons. The number of ether oxygens (including phenoxy) is 1. The smallest absolute Gasteiger partial charge is 0.420 e. The Labute approximate surface area is 150 Å². The molecule has 1 aromatic carbocycles. The lowest BCUT2D eigenvalue weighted by Gasteiger charge is -2.15. The van der Waals surface area contributed by atoms with E-state index in [1.165, 1.54) is 36.7 Å². The maximum absolute atomic E-state index is 13.3. The molecule has 0 radical (unpaired) electrons. The number of unbranched alkanes of at least 4 members (excludes halogenated alkanes) is 5. The van der Waals surface area contributed by atoms with Gasteiger partial charge in [-0.25, -0.2) is 4.98 Å². The van der Waals surface area contributed by atoms with Crippen LogP contribution >= 0.6 is 11.3 Å². The average molecular weight is 372 g/mol. The van der Waals surface area contributed by atoms with Gasteiger partial charge in [0.05, 0.1) is 12.2 Å². The largest absolute Gasteiger partial charge is 0.493 e. The van der Waals surface area contributed by atoms with Crippen molar-refractivity contribution < 1.29 is 17.9 Å². The number of benzene rings is 1. The number of nitrogens with zero attached hydrogens (tertiary/aromatic N) is 1. The minimum atomic E-state index is -4.46. The number of hydrogen-bond acceptors (Lipinski definition) is 4. The summed E-state index contributed by atoms with van der Waals surface area (Å²) in [5.41, 5.74) is -0.422. The van der Waals surface area contributed by atoms with Crippen LogP contribution in [0.1, 0.15) is 51.0 Å². The fourth-order valence-corrected chi connectivity index (χ4v) is 2.98. The maximum atomic E-state index is 13.3. The summed E-state index contributed by atoms with van der Waals surface area (Å²) >= 11 is 1.33. The second kappa shape index (κ2) is 9.65. The average Bonchev–Trinajstić information content (AvgIpc) is 3.07. The van der Waals surface area contributed by atoms with Gasteiger partial charge in [-0.1, -0.05) is 39.0 Å². The van der Waals surface area contributed by atoms with Crippen molar-refractivity contribution in [2.24, 2.45) is 0 Å². The molecule has 1 N–H and O–H groups in total. The number of halogens is 3. The van der Waals surface area contributed by atoms with E-state index in [4.69, 9.17) is 4.74 Å². The van der Waals surface area contributed by atoms with Gasteiger partial charge < -0.3 is 10.1 Å². The SMILES string of the molecule is CCCCCCCCOc1ccc(Nc2nccs2)cc1C(F)(F)F. The number of thiazole rings is 1.